The van der Waals surface area contributed by atoms with Crippen molar-refractivity contribution >= 4 is 48.5 Å². The van der Waals surface area contributed by atoms with E-state index >= 15 is 0 Å². The van der Waals surface area contributed by atoms with E-state index in [2.05, 4.69) is 43.7 Å². The largest absolute Gasteiger partial charge is 0.473 e. The number of unbranched alkanes of at least 4 members (excludes halogenated alkanes) is 1. The van der Waals surface area contributed by atoms with Gasteiger partial charge in [-0.2, -0.15) is 0 Å². The van der Waals surface area contributed by atoms with Gasteiger partial charge in [-0.3, -0.25) is 0 Å². The first-order valence-corrected chi connectivity index (χ1v) is 10.6. The molecule has 4 nitrogen and oxygen atoms in total. The van der Waals surface area contributed by atoms with Gasteiger partial charge in [-0.15, -0.1) is 0 Å². The second-order valence-corrected chi connectivity index (χ2v) is 8.45. The maximum atomic E-state index is 12.2. The van der Waals surface area contributed by atoms with Gasteiger partial charge in [0.15, 0.2) is 6.73 Å². The van der Waals surface area contributed by atoms with Crippen LogP contribution in [0.5, 0.6) is 5.75 Å². The summed E-state index contributed by atoms with van der Waals surface area (Å²) < 4.78 is 13.6. The number of aryl methyl sites for hydroxylation is 1. The number of fused-ring (bicyclic) bond motifs is 3. The highest BCUT2D eigenvalue weighted by atomic mass is 79.9. The zero-order valence-electron chi connectivity index (χ0n) is 14.9. The molecule has 0 unspecified atom stereocenters. The molecule has 0 N–H and O–H groups in total. The van der Waals surface area contributed by atoms with E-state index in [0.717, 1.165) is 56.2 Å². The molecule has 0 spiro atoms. The third-order valence-electron chi connectivity index (χ3n) is 4.83. The zero-order chi connectivity index (χ0) is 19.0. The highest BCUT2D eigenvalue weighted by Gasteiger charge is 2.23. The lowest BCUT2D eigenvalue weighted by molar-refractivity contribution is 0.289. The van der Waals surface area contributed by atoms with Crippen molar-refractivity contribution in [1.82, 2.24) is 0 Å². The molecule has 0 radical (unpaired) electrons. The van der Waals surface area contributed by atoms with Gasteiger partial charge in [0.1, 0.15) is 11.3 Å². The molecule has 0 amide bonds. The number of benzene rings is 2. The van der Waals surface area contributed by atoms with Crippen LogP contribution >= 0.6 is 31.9 Å². The van der Waals surface area contributed by atoms with E-state index in [4.69, 9.17) is 9.15 Å². The first kappa shape index (κ1) is 18.6. The first-order valence-electron chi connectivity index (χ1n) is 8.98. The molecular formula is C21H19Br2NO3. The van der Waals surface area contributed by atoms with Crippen LogP contribution in [0.15, 0.2) is 54.6 Å². The second kappa shape index (κ2) is 7.68. The van der Waals surface area contributed by atoms with E-state index in [-0.39, 0.29) is 5.63 Å². The zero-order valence-corrected chi connectivity index (χ0v) is 18.1. The van der Waals surface area contributed by atoms with Crippen molar-refractivity contribution in [3.63, 3.8) is 0 Å². The Morgan fingerprint density at radius 3 is 2.78 bits per heavy atom. The predicted octanol–water partition coefficient (Wildman–Crippen LogP) is 6.02. The number of anilines is 1. The van der Waals surface area contributed by atoms with Crippen LogP contribution < -0.4 is 15.3 Å². The van der Waals surface area contributed by atoms with Crippen molar-refractivity contribution in [3.05, 3.63) is 66.9 Å². The van der Waals surface area contributed by atoms with Crippen LogP contribution in [0.25, 0.3) is 11.0 Å². The Bertz CT molecular complexity index is 1060. The number of halogens is 2. The summed E-state index contributed by atoms with van der Waals surface area (Å²) in [4.78, 5) is 14.3. The number of rotatable bonds is 4. The van der Waals surface area contributed by atoms with Crippen LogP contribution in [-0.4, -0.2) is 6.73 Å². The van der Waals surface area contributed by atoms with Crippen molar-refractivity contribution in [2.24, 2.45) is 0 Å². The molecule has 140 valence electrons. The van der Waals surface area contributed by atoms with E-state index in [9.17, 15) is 4.79 Å². The van der Waals surface area contributed by atoms with Gasteiger partial charge in [-0.1, -0.05) is 29.3 Å². The molecule has 1 aliphatic rings. The van der Waals surface area contributed by atoms with Gasteiger partial charge >= 0.3 is 5.63 Å². The Labute approximate surface area is 174 Å². The molecule has 27 heavy (non-hydrogen) atoms. The summed E-state index contributed by atoms with van der Waals surface area (Å²) >= 11 is 7.11. The SMILES string of the molecule is CCCCc1cc(=O)oc2c3c(ccc12)OCN(c1ccc(Br)cc1Br)C3. The lowest BCUT2D eigenvalue weighted by Gasteiger charge is -2.31. The van der Waals surface area contributed by atoms with Gasteiger partial charge in [0.2, 0.25) is 0 Å². The molecule has 0 saturated carbocycles. The summed E-state index contributed by atoms with van der Waals surface area (Å²) in [5.74, 6) is 0.780. The summed E-state index contributed by atoms with van der Waals surface area (Å²) in [7, 11) is 0. The van der Waals surface area contributed by atoms with Crippen LogP contribution in [0.2, 0.25) is 0 Å². The van der Waals surface area contributed by atoms with Crippen LogP contribution in [0.4, 0.5) is 5.69 Å². The molecule has 0 bridgehead atoms. The Morgan fingerprint density at radius 1 is 1.15 bits per heavy atom. The molecule has 3 aromatic rings. The van der Waals surface area contributed by atoms with Crippen LogP contribution in [0, 0.1) is 0 Å². The van der Waals surface area contributed by atoms with Crippen molar-refractivity contribution in [2.75, 3.05) is 11.6 Å². The fourth-order valence-corrected chi connectivity index (χ4v) is 4.76. The minimum Gasteiger partial charge on any atom is -0.473 e. The Kier molecular flexibility index (Phi) is 5.28. The topological polar surface area (TPSA) is 42.7 Å². The predicted molar refractivity (Wildman–Crippen MR) is 115 cm³/mol. The molecule has 2 aromatic carbocycles. The fraction of sp³-hybridized carbons (Fsp3) is 0.286. The Balaban J connectivity index is 1.79. The molecule has 2 heterocycles. The maximum absolute atomic E-state index is 12.2. The van der Waals surface area contributed by atoms with Crippen molar-refractivity contribution < 1.29 is 9.15 Å². The third kappa shape index (κ3) is 3.65. The molecule has 0 fully saturated rings. The van der Waals surface area contributed by atoms with Gasteiger partial charge in [0.25, 0.3) is 0 Å². The third-order valence-corrected chi connectivity index (χ3v) is 5.96. The summed E-state index contributed by atoms with van der Waals surface area (Å²) in [6, 6.07) is 11.7. The molecule has 1 aromatic heterocycles. The average molecular weight is 493 g/mol. The molecule has 0 atom stereocenters. The maximum Gasteiger partial charge on any atom is 0.336 e. The number of hydrogen-bond acceptors (Lipinski definition) is 4. The van der Waals surface area contributed by atoms with Crippen molar-refractivity contribution in [3.8, 4) is 5.75 Å². The van der Waals surface area contributed by atoms with Crippen molar-refractivity contribution in [2.45, 2.75) is 32.7 Å². The van der Waals surface area contributed by atoms with E-state index in [1.165, 1.54) is 0 Å². The first-order chi connectivity index (χ1) is 13.1. The Morgan fingerprint density at radius 2 is 2.00 bits per heavy atom. The quantitative estimate of drug-likeness (QED) is 0.418. The van der Waals surface area contributed by atoms with Gasteiger partial charge in [0, 0.05) is 20.4 Å². The highest BCUT2D eigenvalue weighted by Crippen LogP contribution is 2.37. The van der Waals surface area contributed by atoms with Gasteiger partial charge in [-0.05, 0) is 64.7 Å². The van der Waals surface area contributed by atoms with Crippen LogP contribution in [-0.2, 0) is 13.0 Å². The van der Waals surface area contributed by atoms with Gasteiger partial charge < -0.3 is 14.1 Å². The number of nitrogens with zero attached hydrogens (tertiary/aromatic N) is 1. The van der Waals surface area contributed by atoms with Gasteiger partial charge in [0.05, 0.1) is 17.8 Å². The van der Waals surface area contributed by atoms with Crippen LogP contribution in [0.1, 0.15) is 30.9 Å². The summed E-state index contributed by atoms with van der Waals surface area (Å²) in [6.07, 6.45) is 3.01. The smallest absolute Gasteiger partial charge is 0.336 e. The summed E-state index contributed by atoms with van der Waals surface area (Å²) in [5, 5.41) is 1.00. The van der Waals surface area contributed by atoms with E-state index in [1.54, 1.807) is 6.07 Å². The Hall–Kier alpha value is -1.79. The number of hydrogen-bond donors (Lipinski definition) is 0. The lowest BCUT2D eigenvalue weighted by Crippen LogP contribution is -2.32. The minimum atomic E-state index is -0.302. The standard InChI is InChI=1S/C21H19Br2NO3/c1-2-3-4-13-9-20(25)27-21-15(13)6-8-19-16(21)11-24(12-26-19)18-7-5-14(22)10-17(18)23/h5-10H,2-4,11-12H2,1H3. The summed E-state index contributed by atoms with van der Waals surface area (Å²) in [6.45, 7) is 3.21. The molecule has 0 aliphatic carbocycles. The van der Waals surface area contributed by atoms with E-state index in [1.807, 2.05) is 30.3 Å². The van der Waals surface area contributed by atoms with E-state index < -0.39 is 0 Å². The van der Waals surface area contributed by atoms with Gasteiger partial charge in [-0.25, -0.2) is 4.79 Å². The monoisotopic (exact) mass is 491 g/mol. The highest BCUT2D eigenvalue weighted by molar-refractivity contribution is 9.11. The molecule has 1 aliphatic heterocycles. The minimum absolute atomic E-state index is 0.302. The number of ether oxygens (including phenoxy) is 1. The molecule has 4 rings (SSSR count). The summed E-state index contributed by atoms with van der Waals surface area (Å²) in [5.41, 5.74) is 3.34. The molecule has 6 heteroatoms. The molecular weight excluding hydrogens is 474 g/mol. The second-order valence-electron chi connectivity index (χ2n) is 6.68. The van der Waals surface area contributed by atoms with Crippen molar-refractivity contribution in [1.29, 1.82) is 0 Å². The molecule has 0 saturated heterocycles. The fourth-order valence-electron chi connectivity index (χ4n) is 3.46. The lowest BCUT2D eigenvalue weighted by atomic mass is 10.0. The van der Waals surface area contributed by atoms with Crippen LogP contribution in [0.3, 0.4) is 0 Å². The average Bonchev–Trinajstić information content (AvgIpc) is 2.65. The van der Waals surface area contributed by atoms with E-state index in [0.29, 0.717) is 18.9 Å². The normalized spacial score (nSPS) is 13.5.